The van der Waals surface area contributed by atoms with Crippen molar-refractivity contribution in [2.45, 2.75) is 6.92 Å². The van der Waals surface area contributed by atoms with Gasteiger partial charge in [-0.3, -0.25) is 0 Å². The highest BCUT2D eigenvalue weighted by molar-refractivity contribution is 5.85. The fourth-order valence-electron chi connectivity index (χ4n) is 1.19. The molecule has 0 unspecified atom stereocenters. The Morgan fingerprint density at radius 2 is 2.40 bits per heavy atom. The predicted molar refractivity (Wildman–Crippen MR) is 51.1 cm³/mol. The Labute approximate surface area is 85.1 Å². The van der Waals surface area contributed by atoms with Crippen LogP contribution >= 0.6 is 0 Å². The molecule has 2 aromatic rings. The van der Waals surface area contributed by atoms with Crippen LogP contribution in [0.15, 0.2) is 18.3 Å². The molecule has 2 aromatic heterocycles. The molecule has 1 N–H and O–H groups in total. The van der Waals surface area contributed by atoms with E-state index in [2.05, 4.69) is 10.1 Å². The van der Waals surface area contributed by atoms with E-state index >= 15 is 0 Å². The molecule has 0 bridgehead atoms. The molecule has 6 nitrogen and oxygen atoms in total. The van der Waals surface area contributed by atoms with Gasteiger partial charge in [-0.1, -0.05) is 0 Å². The van der Waals surface area contributed by atoms with Crippen molar-refractivity contribution in [1.82, 2.24) is 14.6 Å². The number of imidazole rings is 1. The second-order valence-electron chi connectivity index (χ2n) is 2.84. The first-order valence-corrected chi connectivity index (χ1v) is 4.43. The lowest BCUT2D eigenvalue weighted by Crippen LogP contribution is -1.98. The SMILES string of the molecule is CCOc1ccc2nc(C(=O)O)cn2n1. The van der Waals surface area contributed by atoms with E-state index in [0.29, 0.717) is 18.1 Å². The Hall–Kier alpha value is -2.11. The molecule has 0 atom stereocenters. The molecule has 0 aromatic carbocycles. The molecule has 78 valence electrons. The molecular formula is C9H9N3O3. The van der Waals surface area contributed by atoms with Crippen molar-refractivity contribution in [2.75, 3.05) is 6.61 Å². The minimum Gasteiger partial charge on any atom is -0.477 e. The van der Waals surface area contributed by atoms with E-state index in [0.717, 1.165) is 0 Å². The monoisotopic (exact) mass is 207 g/mol. The maximum Gasteiger partial charge on any atom is 0.356 e. The number of aromatic nitrogens is 3. The van der Waals surface area contributed by atoms with Gasteiger partial charge < -0.3 is 9.84 Å². The molecule has 0 saturated heterocycles. The second kappa shape index (κ2) is 3.56. The van der Waals surface area contributed by atoms with Crippen LogP contribution in [0.1, 0.15) is 17.4 Å². The summed E-state index contributed by atoms with van der Waals surface area (Å²) in [6.45, 7) is 2.36. The van der Waals surface area contributed by atoms with Crippen LogP contribution in [-0.4, -0.2) is 32.3 Å². The van der Waals surface area contributed by atoms with Crippen LogP contribution in [0.25, 0.3) is 5.65 Å². The lowest BCUT2D eigenvalue weighted by molar-refractivity contribution is 0.0691. The van der Waals surface area contributed by atoms with Gasteiger partial charge in [-0.25, -0.2) is 14.3 Å². The molecule has 0 fully saturated rings. The van der Waals surface area contributed by atoms with Crippen molar-refractivity contribution >= 4 is 11.6 Å². The lowest BCUT2D eigenvalue weighted by Gasteiger charge is -2.00. The van der Waals surface area contributed by atoms with Crippen LogP contribution in [0, 0.1) is 0 Å². The van der Waals surface area contributed by atoms with Crippen LogP contribution in [0.2, 0.25) is 0 Å². The molecule has 0 aliphatic rings. The molecule has 0 saturated carbocycles. The number of carbonyl (C=O) groups is 1. The van der Waals surface area contributed by atoms with E-state index in [1.54, 1.807) is 12.1 Å². The van der Waals surface area contributed by atoms with Gasteiger partial charge in [0, 0.05) is 6.07 Å². The molecule has 0 aliphatic heterocycles. The summed E-state index contributed by atoms with van der Waals surface area (Å²) in [4.78, 5) is 14.5. The third-order valence-electron chi connectivity index (χ3n) is 1.81. The molecule has 6 heteroatoms. The highest BCUT2D eigenvalue weighted by Crippen LogP contribution is 2.09. The van der Waals surface area contributed by atoms with Gasteiger partial charge in [0.25, 0.3) is 0 Å². The Bertz CT molecular complexity index is 506. The predicted octanol–water partition coefficient (Wildman–Crippen LogP) is 0.826. The maximum atomic E-state index is 10.6. The standard InChI is InChI=1S/C9H9N3O3/c1-2-15-8-4-3-7-10-6(9(13)14)5-12(7)11-8/h3-5H,2H2,1H3,(H,13,14). The molecule has 2 heterocycles. The third kappa shape index (κ3) is 1.74. The van der Waals surface area contributed by atoms with Crippen molar-refractivity contribution in [2.24, 2.45) is 0 Å². The smallest absolute Gasteiger partial charge is 0.356 e. The average Bonchev–Trinajstić information content (AvgIpc) is 2.61. The van der Waals surface area contributed by atoms with Crippen molar-refractivity contribution in [3.8, 4) is 5.88 Å². The second-order valence-corrected chi connectivity index (χ2v) is 2.84. The van der Waals surface area contributed by atoms with Gasteiger partial charge in [0.05, 0.1) is 12.8 Å². The largest absolute Gasteiger partial charge is 0.477 e. The van der Waals surface area contributed by atoms with Gasteiger partial charge in [0.15, 0.2) is 11.3 Å². The number of fused-ring (bicyclic) bond motifs is 1. The topological polar surface area (TPSA) is 76.7 Å². The number of ether oxygens (including phenoxy) is 1. The number of carboxylic acids is 1. The van der Waals surface area contributed by atoms with Crippen LogP contribution < -0.4 is 4.74 Å². The van der Waals surface area contributed by atoms with Gasteiger partial charge in [-0.05, 0) is 13.0 Å². The number of hydrogen-bond acceptors (Lipinski definition) is 4. The number of aromatic carboxylic acids is 1. The zero-order valence-electron chi connectivity index (χ0n) is 8.04. The normalized spacial score (nSPS) is 10.5. The zero-order chi connectivity index (χ0) is 10.8. The quantitative estimate of drug-likeness (QED) is 0.806. The summed E-state index contributed by atoms with van der Waals surface area (Å²) >= 11 is 0. The summed E-state index contributed by atoms with van der Waals surface area (Å²) in [5.74, 6) is -0.627. The summed E-state index contributed by atoms with van der Waals surface area (Å²) in [5, 5.41) is 12.8. The number of rotatable bonds is 3. The zero-order valence-corrected chi connectivity index (χ0v) is 8.04. The molecule has 0 spiro atoms. The first-order chi connectivity index (χ1) is 7.20. The molecule has 15 heavy (non-hydrogen) atoms. The first kappa shape index (κ1) is 9.45. The van der Waals surface area contributed by atoms with Gasteiger partial charge in [-0.15, -0.1) is 5.10 Å². The Morgan fingerprint density at radius 1 is 1.60 bits per heavy atom. The van der Waals surface area contributed by atoms with E-state index in [-0.39, 0.29) is 5.69 Å². The minimum absolute atomic E-state index is 0.0313. The van der Waals surface area contributed by atoms with Gasteiger partial charge in [0.1, 0.15) is 0 Å². The van der Waals surface area contributed by atoms with Crippen molar-refractivity contribution in [3.05, 3.63) is 24.0 Å². The van der Waals surface area contributed by atoms with Crippen LogP contribution in [0.4, 0.5) is 0 Å². The van der Waals surface area contributed by atoms with E-state index in [1.165, 1.54) is 10.7 Å². The molecule has 0 amide bonds. The van der Waals surface area contributed by atoms with Crippen molar-refractivity contribution in [1.29, 1.82) is 0 Å². The number of carboxylic acid groups (broad SMARTS) is 1. The molecular weight excluding hydrogens is 198 g/mol. The summed E-state index contributed by atoms with van der Waals surface area (Å²) in [7, 11) is 0. The Balaban J connectivity index is 2.47. The number of hydrogen-bond donors (Lipinski definition) is 1. The fraction of sp³-hybridized carbons (Fsp3) is 0.222. The summed E-state index contributed by atoms with van der Waals surface area (Å²) in [6.07, 6.45) is 1.35. The fourth-order valence-corrected chi connectivity index (χ4v) is 1.19. The highest BCUT2D eigenvalue weighted by Gasteiger charge is 2.09. The van der Waals surface area contributed by atoms with Gasteiger partial charge in [-0.2, -0.15) is 0 Å². The third-order valence-corrected chi connectivity index (χ3v) is 1.81. The lowest BCUT2D eigenvalue weighted by atomic mass is 10.5. The summed E-state index contributed by atoms with van der Waals surface area (Å²) in [5.41, 5.74) is 0.451. The summed E-state index contributed by atoms with van der Waals surface area (Å²) < 4.78 is 6.56. The summed E-state index contributed by atoms with van der Waals surface area (Å²) in [6, 6.07) is 3.31. The van der Waals surface area contributed by atoms with E-state index in [4.69, 9.17) is 9.84 Å². The van der Waals surface area contributed by atoms with Crippen molar-refractivity contribution in [3.63, 3.8) is 0 Å². The first-order valence-electron chi connectivity index (χ1n) is 4.43. The molecule has 2 rings (SSSR count). The maximum absolute atomic E-state index is 10.6. The molecule has 0 radical (unpaired) electrons. The van der Waals surface area contributed by atoms with Gasteiger partial charge >= 0.3 is 5.97 Å². The Kier molecular flexibility index (Phi) is 2.24. The van der Waals surface area contributed by atoms with Crippen LogP contribution in [-0.2, 0) is 0 Å². The van der Waals surface area contributed by atoms with Crippen LogP contribution in [0.3, 0.4) is 0 Å². The molecule has 0 aliphatic carbocycles. The van der Waals surface area contributed by atoms with E-state index in [1.807, 2.05) is 6.92 Å². The van der Waals surface area contributed by atoms with Gasteiger partial charge in [0.2, 0.25) is 5.88 Å². The average molecular weight is 207 g/mol. The van der Waals surface area contributed by atoms with E-state index < -0.39 is 5.97 Å². The number of nitrogens with zero attached hydrogens (tertiary/aromatic N) is 3. The Morgan fingerprint density at radius 3 is 3.07 bits per heavy atom. The highest BCUT2D eigenvalue weighted by atomic mass is 16.5. The minimum atomic E-state index is -1.07. The van der Waals surface area contributed by atoms with Crippen molar-refractivity contribution < 1.29 is 14.6 Å². The van der Waals surface area contributed by atoms with E-state index in [9.17, 15) is 4.79 Å². The van der Waals surface area contributed by atoms with Crippen LogP contribution in [0.5, 0.6) is 5.88 Å².